The minimum absolute atomic E-state index is 0.0645. The minimum atomic E-state index is 0.0645. The first-order chi connectivity index (χ1) is 11.1. The Morgan fingerprint density at radius 2 is 2.22 bits per heavy atom. The molecule has 0 spiro atoms. The maximum absolute atomic E-state index is 12.2. The first-order valence-corrected chi connectivity index (χ1v) is 8.77. The van der Waals surface area contributed by atoms with E-state index < -0.39 is 0 Å². The summed E-state index contributed by atoms with van der Waals surface area (Å²) in [5.74, 6) is 0.505. The van der Waals surface area contributed by atoms with Crippen molar-refractivity contribution in [2.45, 2.75) is 52.2 Å². The molecular weight excluding hydrogens is 292 g/mol. The van der Waals surface area contributed by atoms with Gasteiger partial charge in [0.05, 0.1) is 5.69 Å². The first kappa shape index (κ1) is 16.5. The highest BCUT2D eigenvalue weighted by Crippen LogP contribution is 2.27. The van der Waals surface area contributed by atoms with E-state index in [0.29, 0.717) is 0 Å². The summed E-state index contributed by atoms with van der Waals surface area (Å²) in [6, 6.07) is 0.0645. The third-order valence-electron chi connectivity index (χ3n) is 5.32. The lowest BCUT2D eigenvalue weighted by molar-refractivity contribution is -0.128. The van der Waals surface area contributed by atoms with Gasteiger partial charge < -0.3 is 10.4 Å². The number of amides is 1. The molecule has 0 aromatic carbocycles. The van der Waals surface area contributed by atoms with E-state index in [4.69, 9.17) is 0 Å². The number of carbonyl (C=O) groups is 1. The molecule has 1 saturated heterocycles. The van der Waals surface area contributed by atoms with Gasteiger partial charge in [-0.3, -0.25) is 14.4 Å². The summed E-state index contributed by atoms with van der Waals surface area (Å²) < 4.78 is 1.96. The zero-order valence-electron chi connectivity index (χ0n) is 14.2. The van der Waals surface area contributed by atoms with Crippen molar-refractivity contribution >= 4 is 5.91 Å². The molecule has 0 unspecified atom stereocenters. The van der Waals surface area contributed by atoms with Crippen molar-refractivity contribution in [2.75, 3.05) is 19.7 Å². The number of aromatic nitrogens is 2. The quantitative estimate of drug-likeness (QED) is 0.818. The molecule has 1 aromatic heterocycles. The fraction of sp³-hybridized carbons (Fsp3) is 0.765. The molecule has 3 rings (SSSR count). The molecule has 6 heteroatoms. The molecule has 0 bridgehead atoms. The van der Waals surface area contributed by atoms with E-state index in [9.17, 15) is 9.90 Å². The molecule has 128 valence electrons. The number of aliphatic hydroxyl groups is 1. The molecule has 2 N–H and O–H groups in total. The van der Waals surface area contributed by atoms with Gasteiger partial charge in [0.1, 0.15) is 0 Å². The molecule has 1 aromatic rings. The molecule has 1 aliphatic heterocycles. The van der Waals surface area contributed by atoms with Gasteiger partial charge >= 0.3 is 0 Å². The molecule has 6 nitrogen and oxygen atoms in total. The van der Waals surface area contributed by atoms with E-state index in [2.05, 4.69) is 28.4 Å². The fourth-order valence-electron chi connectivity index (χ4n) is 3.53. The minimum Gasteiger partial charge on any atom is -0.396 e. The summed E-state index contributed by atoms with van der Waals surface area (Å²) in [6.07, 6.45) is 5.30. The third kappa shape index (κ3) is 3.58. The summed E-state index contributed by atoms with van der Waals surface area (Å²) in [5, 5.41) is 17.3. The van der Waals surface area contributed by atoms with E-state index in [0.717, 1.165) is 44.7 Å². The van der Waals surface area contributed by atoms with Crippen LogP contribution in [-0.2, 0) is 17.9 Å². The van der Waals surface area contributed by atoms with E-state index >= 15 is 0 Å². The van der Waals surface area contributed by atoms with Crippen LogP contribution in [0.15, 0.2) is 6.20 Å². The number of nitrogens with one attached hydrogen (secondary N) is 1. The topological polar surface area (TPSA) is 70.4 Å². The van der Waals surface area contributed by atoms with Crippen molar-refractivity contribution in [3.8, 4) is 0 Å². The monoisotopic (exact) mass is 320 g/mol. The van der Waals surface area contributed by atoms with Crippen molar-refractivity contribution in [1.82, 2.24) is 20.0 Å². The Hall–Kier alpha value is -1.40. The number of aryl methyl sites for hydroxylation is 2. The number of hydrogen-bond donors (Lipinski definition) is 2. The van der Waals surface area contributed by atoms with E-state index in [1.54, 1.807) is 0 Å². The van der Waals surface area contributed by atoms with Gasteiger partial charge in [0.2, 0.25) is 5.91 Å². The van der Waals surface area contributed by atoms with Crippen LogP contribution < -0.4 is 5.32 Å². The average Bonchev–Trinajstić information content (AvgIpc) is 3.01. The van der Waals surface area contributed by atoms with Crippen molar-refractivity contribution < 1.29 is 9.90 Å². The molecule has 1 saturated carbocycles. The molecule has 2 heterocycles. The van der Waals surface area contributed by atoms with E-state index in [1.807, 2.05) is 11.6 Å². The Balaban J connectivity index is 1.59. The highest BCUT2D eigenvalue weighted by molar-refractivity contribution is 5.79. The number of likely N-dealkylation sites (tertiary alicyclic amines) is 1. The second-order valence-electron chi connectivity index (χ2n) is 6.98. The molecule has 1 aliphatic carbocycles. The van der Waals surface area contributed by atoms with Crippen molar-refractivity contribution in [2.24, 2.45) is 11.8 Å². The Labute approximate surface area is 137 Å². The van der Waals surface area contributed by atoms with Crippen LogP contribution in [0.3, 0.4) is 0 Å². The summed E-state index contributed by atoms with van der Waals surface area (Å²) in [5.41, 5.74) is 2.30. The second kappa shape index (κ2) is 7.01. The zero-order chi connectivity index (χ0) is 16.4. The Morgan fingerprint density at radius 1 is 1.43 bits per heavy atom. The average molecular weight is 320 g/mol. The van der Waals surface area contributed by atoms with Gasteiger partial charge in [-0.25, -0.2) is 0 Å². The molecule has 2 atom stereocenters. The molecule has 23 heavy (non-hydrogen) atoms. The highest BCUT2D eigenvalue weighted by atomic mass is 16.3. The summed E-state index contributed by atoms with van der Waals surface area (Å²) >= 11 is 0. The zero-order valence-corrected chi connectivity index (χ0v) is 14.2. The van der Waals surface area contributed by atoms with E-state index in [-0.39, 0.29) is 30.4 Å². The number of aliphatic hydroxyl groups excluding tert-OH is 1. The lowest BCUT2D eigenvalue weighted by Crippen LogP contribution is -2.45. The molecule has 2 aliphatic rings. The number of carbonyl (C=O) groups excluding carboxylic acids is 1. The Morgan fingerprint density at radius 3 is 2.78 bits per heavy atom. The molecule has 2 fully saturated rings. The van der Waals surface area contributed by atoms with Crippen LogP contribution in [0.25, 0.3) is 0 Å². The SMILES string of the molecule is CCn1cc(CN2C[C@@H](CO)[C@H](NC(=O)C3CCC3)C2)c(C)n1. The van der Waals surface area contributed by atoms with Crippen molar-refractivity contribution in [3.63, 3.8) is 0 Å². The van der Waals surface area contributed by atoms with Crippen molar-refractivity contribution in [3.05, 3.63) is 17.5 Å². The van der Waals surface area contributed by atoms with Crippen LogP contribution in [-0.4, -0.2) is 51.4 Å². The predicted molar refractivity (Wildman–Crippen MR) is 87.8 cm³/mol. The van der Waals surface area contributed by atoms with Gasteiger partial charge in [0, 0.05) is 62.4 Å². The van der Waals surface area contributed by atoms with Crippen LogP contribution in [0.5, 0.6) is 0 Å². The molecule has 0 radical (unpaired) electrons. The summed E-state index contributed by atoms with van der Waals surface area (Å²) in [6.45, 7) is 7.58. The summed E-state index contributed by atoms with van der Waals surface area (Å²) in [4.78, 5) is 14.5. The fourth-order valence-corrected chi connectivity index (χ4v) is 3.53. The largest absolute Gasteiger partial charge is 0.396 e. The maximum Gasteiger partial charge on any atom is 0.223 e. The van der Waals surface area contributed by atoms with Crippen LogP contribution >= 0.6 is 0 Å². The number of hydrogen-bond acceptors (Lipinski definition) is 4. The maximum atomic E-state index is 12.2. The number of rotatable bonds is 6. The summed E-state index contributed by atoms with van der Waals surface area (Å²) in [7, 11) is 0. The highest BCUT2D eigenvalue weighted by Gasteiger charge is 2.35. The van der Waals surface area contributed by atoms with Crippen LogP contribution in [0.4, 0.5) is 0 Å². The smallest absolute Gasteiger partial charge is 0.223 e. The Bertz CT molecular complexity index is 553. The van der Waals surface area contributed by atoms with Gasteiger partial charge in [0.25, 0.3) is 0 Å². The second-order valence-corrected chi connectivity index (χ2v) is 6.98. The number of nitrogens with zero attached hydrogens (tertiary/aromatic N) is 3. The molecular formula is C17H28N4O2. The van der Waals surface area contributed by atoms with Crippen LogP contribution in [0, 0.1) is 18.8 Å². The van der Waals surface area contributed by atoms with Gasteiger partial charge in [-0.05, 0) is 26.7 Å². The molecule has 1 amide bonds. The standard InChI is InChI=1S/C17H28N4O2/c1-3-21-9-14(12(2)19-21)7-20-8-15(11-22)16(10-20)18-17(23)13-5-4-6-13/h9,13,15-16,22H,3-8,10-11H2,1-2H3,(H,18,23)/t15-,16+/m0/s1. The lowest BCUT2D eigenvalue weighted by atomic mass is 9.84. The van der Waals surface area contributed by atoms with Gasteiger partial charge in [-0.1, -0.05) is 6.42 Å². The lowest BCUT2D eigenvalue weighted by Gasteiger charge is -2.27. The van der Waals surface area contributed by atoms with Gasteiger partial charge in [-0.15, -0.1) is 0 Å². The predicted octanol–water partition coefficient (Wildman–Crippen LogP) is 0.920. The Kier molecular flexibility index (Phi) is 5.02. The van der Waals surface area contributed by atoms with Gasteiger partial charge in [-0.2, -0.15) is 5.10 Å². The van der Waals surface area contributed by atoms with E-state index in [1.165, 1.54) is 12.0 Å². The third-order valence-corrected chi connectivity index (χ3v) is 5.32. The first-order valence-electron chi connectivity index (χ1n) is 8.77. The van der Waals surface area contributed by atoms with Gasteiger partial charge in [0.15, 0.2) is 0 Å². The van der Waals surface area contributed by atoms with Crippen LogP contribution in [0.1, 0.15) is 37.4 Å². The van der Waals surface area contributed by atoms with Crippen molar-refractivity contribution in [1.29, 1.82) is 0 Å². The van der Waals surface area contributed by atoms with Crippen LogP contribution in [0.2, 0.25) is 0 Å². The normalized spacial score (nSPS) is 25.5.